The number of thiazole rings is 1. The maximum atomic E-state index is 13.3. The van der Waals surface area contributed by atoms with E-state index in [9.17, 15) is 24.9 Å². The Labute approximate surface area is 222 Å². The predicted molar refractivity (Wildman–Crippen MR) is 140 cm³/mol. The molecule has 0 aliphatic carbocycles. The van der Waals surface area contributed by atoms with Gasteiger partial charge in [0.15, 0.2) is 0 Å². The standard InChI is InChI=1S/C28H39NO7S/c1-15-7-6-10-28(5)22(36-28)12-19(17-8-9-20-18(11-17)29-23(14-30)37-20)35-24(32)13-21(31)27(3,4)26(34)16(2)25(15)33/h8-9,11,15-16,19,21-22,25,30-31,33H,6-7,10,12-14H2,1-5H3/t15-,16+,19-,21-,22-,25-,28+/m0/s1. The summed E-state index contributed by atoms with van der Waals surface area (Å²) in [5.41, 5.74) is -0.0823. The molecule has 8 nitrogen and oxygen atoms in total. The minimum Gasteiger partial charge on any atom is -0.457 e. The molecule has 9 heteroatoms. The number of carbonyl (C=O) groups excluding carboxylic acids is 2. The number of hydrogen-bond acceptors (Lipinski definition) is 9. The van der Waals surface area contributed by atoms with E-state index in [2.05, 4.69) is 11.9 Å². The molecule has 2 aliphatic heterocycles. The van der Waals surface area contributed by atoms with Crippen LogP contribution >= 0.6 is 11.3 Å². The van der Waals surface area contributed by atoms with Gasteiger partial charge in [-0.2, -0.15) is 0 Å². The van der Waals surface area contributed by atoms with Crippen LogP contribution in [-0.2, 0) is 25.7 Å². The van der Waals surface area contributed by atoms with E-state index in [-0.39, 0.29) is 36.4 Å². The van der Waals surface area contributed by atoms with Crippen LogP contribution in [0.3, 0.4) is 0 Å². The number of fused-ring (bicyclic) bond motifs is 2. The lowest BCUT2D eigenvalue weighted by atomic mass is 9.73. The lowest BCUT2D eigenvalue weighted by Crippen LogP contribution is -2.45. The summed E-state index contributed by atoms with van der Waals surface area (Å²) in [6.07, 6.45) is -0.312. The zero-order chi connectivity index (χ0) is 27.1. The van der Waals surface area contributed by atoms with E-state index in [0.717, 1.165) is 35.0 Å². The number of hydrogen-bond donors (Lipinski definition) is 3. The van der Waals surface area contributed by atoms with Gasteiger partial charge in [-0.3, -0.25) is 9.59 Å². The largest absolute Gasteiger partial charge is 0.457 e. The van der Waals surface area contributed by atoms with Crippen molar-refractivity contribution in [1.82, 2.24) is 4.98 Å². The van der Waals surface area contributed by atoms with Gasteiger partial charge in [-0.15, -0.1) is 11.3 Å². The van der Waals surface area contributed by atoms with Crippen molar-refractivity contribution in [3.05, 3.63) is 28.8 Å². The molecule has 37 heavy (non-hydrogen) atoms. The molecule has 0 spiro atoms. The monoisotopic (exact) mass is 533 g/mol. The molecule has 0 radical (unpaired) electrons. The van der Waals surface area contributed by atoms with Crippen molar-refractivity contribution in [2.24, 2.45) is 17.3 Å². The Kier molecular flexibility index (Phi) is 8.12. The molecule has 2 aromatic rings. The van der Waals surface area contributed by atoms with Gasteiger partial charge in [0.25, 0.3) is 0 Å². The number of nitrogens with zero attached hydrogens (tertiary/aromatic N) is 1. The fourth-order valence-corrected chi connectivity index (χ4v) is 6.29. The first-order valence-corrected chi connectivity index (χ1v) is 14.0. The number of epoxide rings is 1. The molecule has 204 valence electrons. The highest BCUT2D eigenvalue weighted by atomic mass is 32.1. The second-order valence-electron chi connectivity index (χ2n) is 11.6. The van der Waals surface area contributed by atoms with Crippen LogP contribution in [0.15, 0.2) is 18.2 Å². The third-order valence-corrected chi connectivity index (χ3v) is 9.39. The van der Waals surface area contributed by atoms with Gasteiger partial charge in [-0.05, 0) is 43.4 Å². The van der Waals surface area contributed by atoms with E-state index in [4.69, 9.17) is 9.47 Å². The molecule has 2 saturated heterocycles. The van der Waals surface area contributed by atoms with Crippen molar-refractivity contribution < 1.29 is 34.4 Å². The van der Waals surface area contributed by atoms with E-state index < -0.39 is 35.6 Å². The molecular weight excluding hydrogens is 494 g/mol. The van der Waals surface area contributed by atoms with E-state index in [1.54, 1.807) is 20.8 Å². The van der Waals surface area contributed by atoms with Crippen molar-refractivity contribution in [2.75, 3.05) is 0 Å². The lowest BCUT2D eigenvalue weighted by Gasteiger charge is -2.34. The van der Waals surface area contributed by atoms with Crippen LogP contribution in [0.1, 0.15) is 83.4 Å². The number of carbonyl (C=O) groups is 2. The third kappa shape index (κ3) is 5.91. The van der Waals surface area contributed by atoms with Gasteiger partial charge < -0.3 is 24.8 Å². The zero-order valence-electron chi connectivity index (χ0n) is 22.3. The quantitative estimate of drug-likeness (QED) is 0.389. The highest BCUT2D eigenvalue weighted by Gasteiger charge is 2.53. The molecule has 0 bridgehead atoms. The number of aliphatic hydroxyl groups excluding tert-OH is 3. The number of benzene rings is 1. The third-order valence-electron chi connectivity index (χ3n) is 8.37. The first-order valence-electron chi connectivity index (χ1n) is 13.1. The van der Waals surface area contributed by atoms with Gasteiger partial charge in [0.05, 0.1) is 52.6 Å². The average molecular weight is 534 g/mol. The van der Waals surface area contributed by atoms with Crippen molar-refractivity contribution in [3.63, 3.8) is 0 Å². The number of esters is 1. The van der Waals surface area contributed by atoms with Crippen molar-refractivity contribution in [2.45, 2.75) is 103 Å². The molecule has 0 saturated carbocycles. The normalized spacial score (nSPS) is 35.7. The summed E-state index contributed by atoms with van der Waals surface area (Å²) in [4.78, 5) is 30.8. The Bertz CT molecular complexity index is 1150. The fraction of sp³-hybridized carbons (Fsp3) is 0.679. The highest BCUT2D eigenvalue weighted by molar-refractivity contribution is 7.18. The van der Waals surface area contributed by atoms with Gasteiger partial charge in [0.1, 0.15) is 16.9 Å². The molecule has 7 atom stereocenters. The Hall–Kier alpha value is -1.91. The summed E-state index contributed by atoms with van der Waals surface area (Å²) in [5, 5.41) is 31.8. The van der Waals surface area contributed by atoms with Crippen LogP contribution in [0, 0.1) is 17.3 Å². The van der Waals surface area contributed by atoms with E-state index in [0.29, 0.717) is 11.4 Å². The molecule has 3 N–H and O–H groups in total. The number of cyclic esters (lactones) is 1. The van der Waals surface area contributed by atoms with Crippen LogP contribution in [0.25, 0.3) is 10.2 Å². The summed E-state index contributed by atoms with van der Waals surface area (Å²) in [7, 11) is 0. The number of rotatable bonds is 2. The molecular formula is C28H39NO7S. The van der Waals surface area contributed by atoms with Crippen LogP contribution in [0.4, 0.5) is 0 Å². The van der Waals surface area contributed by atoms with Crippen molar-refractivity contribution >= 4 is 33.3 Å². The molecule has 2 aliphatic rings. The number of ether oxygens (including phenoxy) is 2. The second kappa shape index (κ2) is 10.7. The number of Topliss-reactive ketones (excluding diaryl/α,β-unsaturated/α-hetero) is 1. The average Bonchev–Trinajstić information content (AvgIpc) is 3.29. The molecule has 0 unspecified atom stereocenters. The number of aliphatic hydroxyl groups is 3. The summed E-state index contributed by atoms with van der Waals surface area (Å²) < 4.78 is 12.9. The van der Waals surface area contributed by atoms with Gasteiger partial charge >= 0.3 is 5.97 Å². The molecule has 1 aromatic heterocycles. The number of aromatic nitrogens is 1. The Morgan fingerprint density at radius 3 is 2.59 bits per heavy atom. The van der Waals surface area contributed by atoms with Gasteiger partial charge in [-0.25, -0.2) is 4.98 Å². The van der Waals surface area contributed by atoms with Crippen LogP contribution < -0.4 is 0 Å². The number of ketones is 1. The minimum absolute atomic E-state index is 0.0908. The van der Waals surface area contributed by atoms with Gasteiger partial charge in [-0.1, -0.05) is 40.2 Å². The summed E-state index contributed by atoms with van der Waals surface area (Å²) >= 11 is 1.41. The SMILES string of the molecule is C[C@H]1CCC[C@@]2(C)O[C@H]2C[C@@H](c2ccc3sc(CO)nc3c2)OC(=O)C[C@H](O)C(C)(C)C(=O)[C@H](C)[C@H]1O. The highest BCUT2D eigenvalue weighted by Crippen LogP contribution is 2.47. The lowest BCUT2D eigenvalue weighted by molar-refractivity contribution is -0.156. The molecule has 1 aromatic carbocycles. The maximum Gasteiger partial charge on any atom is 0.309 e. The summed E-state index contributed by atoms with van der Waals surface area (Å²) in [5.74, 6) is -1.65. The molecule has 0 amide bonds. The smallest absolute Gasteiger partial charge is 0.309 e. The topological polar surface area (TPSA) is 129 Å². The Balaban J connectivity index is 1.62. The van der Waals surface area contributed by atoms with Crippen molar-refractivity contribution in [1.29, 1.82) is 0 Å². The van der Waals surface area contributed by atoms with Crippen LogP contribution in [0.2, 0.25) is 0 Å². The van der Waals surface area contributed by atoms with Crippen LogP contribution in [0.5, 0.6) is 0 Å². The van der Waals surface area contributed by atoms with Crippen LogP contribution in [-0.4, -0.2) is 56.0 Å². The van der Waals surface area contributed by atoms with Gasteiger partial charge in [0.2, 0.25) is 0 Å². The van der Waals surface area contributed by atoms with Gasteiger partial charge in [0, 0.05) is 12.3 Å². The first-order chi connectivity index (χ1) is 17.4. The predicted octanol–water partition coefficient (Wildman–Crippen LogP) is 4.08. The first kappa shape index (κ1) is 28.1. The second-order valence-corrected chi connectivity index (χ2v) is 12.7. The minimum atomic E-state index is -1.26. The van der Waals surface area contributed by atoms with E-state index in [1.807, 2.05) is 25.1 Å². The molecule has 4 rings (SSSR count). The molecule has 2 fully saturated rings. The van der Waals surface area contributed by atoms with E-state index >= 15 is 0 Å². The van der Waals surface area contributed by atoms with E-state index in [1.165, 1.54) is 11.3 Å². The maximum absolute atomic E-state index is 13.3. The van der Waals surface area contributed by atoms with Crippen molar-refractivity contribution in [3.8, 4) is 0 Å². The Morgan fingerprint density at radius 1 is 1.16 bits per heavy atom. The summed E-state index contributed by atoms with van der Waals surface area (Å²) in [6, 6.07) is 5.67. The fourth-order valence-electron chi connectivity index (χ4n) is 5.48. The molecule has 3 heterocycles. The Morgan fingerprint density at radius 2 is 1.89 bits per heavy atom. The summed E-state index contributed by atoms with van der Waals surface area (Å²) in [6.45, 7) is 8.77. The zero-order valence-corrected chi connectivity index (χ0v) is 23.1.